The minimum absolute atomic E-state index is 0.00586. The van der Waals surface area contributed by atoms with Crippen molar-refractivity contribution < 1.29 is 15.1 Å². The van der Waals surface area contributed by atoms with Gasteiger partial charge in [0.15, 0.2) is 0 Å². The van der Waals surface area contributed by atoms with Crippen molar-refractivity contribution in [3.63, 3.8) is 0 Å². The van der Waals surface area contributed by atoms with Crippen molar-refractivity contribution in [1.29, 1.82) is 0 Å². The predicted octanol–water partition coefficient (Wildman–Crippen LogP) is 1.71. The largest absolute Gasteiger partial charge is 0.394 e. The maximum atomic E-state index is 10.7. The van der Waals surface area contributed by atoms with Gasteiger partial charge in [-0.2, -0.15) is 0 Å². The number of hydrogen-bond donors (Lipinski definition) is 3. The van der Waals surface area contributed by atoms with E-state index >= 15 is 0 Å². The Labute approximate surface area is 109 Å². The monoisotopic (exact) mass is 274 g/mol. The van der Waals surface area contributed by atoms with E-state index < -0.39 is 10.5 Å². The summed E-state index contributed by atoms with van der Waals surface area (Å²) in [7, 11) is 0. The van der Waals surface area contributed by atoms with Gasteiger partial charge in [-0.25, -0.2) is 0 Å². The van der Waals surface area contributed by atoms with Crippen molar-refractivity contribution in [3.05, 3.63) is 32.8 Å². The van der Waals surface area contributed by atoms with Crippen molar-refractivity contribution in [1.82, 2.24) is 0 Å². The van der Waals surface area contributed by atoms with Crippen LogP contribution in [0.15, 0.2) is 12.1 Å². The van der Waals surface area contributed by atoms with Crippen LogP contribution in [0, 0.1) is 17.0 Å². The van der Waals surface area contributed by atoms with Gasteiger partial charge in [-0.15, -0.1) is 0 Å². The van der Waals surface area contributed by atoms with Gasteiger partial charge in [0.05, 0.1) is 23.7 Å². The van der Waals surface area contributed by atoms with E-state index in [2.05, 4.69) is 5.32 Å². The van der Waals surface area contributed by atoms with Gasteiger partial charge in [0.25, 0.3) is 5.69 Å². The van der Waals surface area contributed by atoms with Gasteiger partial charge in [-0.1, -0.05) is 11.6 Å². The molecule has 1 aromatic carbocycles. The summed E-state index contributed by atoms with van der Waals surface area (Å²) in [6, 6.07) is 2.76. The Bertz CT molecular complexity index is 461. The zero-order chi connectivity index (χ0) is 13.9. The summed E-state index contributed by atoms with van der Waals surface area (Å²) in [5.74, 6) is 0. The molecule has 0 aliphatic heterocycles. The lowest BCUT2D eigenvalue weighted by Crippen LogP contribution is -2.42. The van der Waals surface area contributed by atoms with E-state index in [1.54, 1.807) is 13.8 Å². The third-order valence-electron chi connectivity index (χ3n) is 2.62. The zero-order valence-electron chi connectivity index (χ0n) is 10.1. The number of nitro benzene ring substituents is 1. The molecule has 1 rings (SSSR count). The molecule has 0 amide bonds. The molecule has 0 saturated carbocycles. The molecule has 0 bridgehead atoms. The fourth-order valence-corrected chi connectivity index (χ4v) is 1.63. The van der Waals surface area contributed by atoms with Crippen LogP contribution in [0.25, 0.3) is 0 Å². The molecule has 100 valence electrons. The first kappa shape index (κ1) is 14.7. The summed E-state index contributed by atoms with van der Waals surface area (Å²) in [5.41, 5.74) is 0.0642. The Morgan fingerprint density at radius 2 is 2.00 bits per heavy atom. The van der Waals surface area contributed by atoms with Gasteiger partial charge in [0.1, 0.15) is 5.02 Å². The fourth-order valence-electron chi connectivity index (χ4n) is 1.40. The van der Waals surface area contributed by atoms with Gasteiger partial charge in [-0.05, 0) is 25.5 Å². The topological polar surface area (TPSA) is 95.6 Å². The molecule has 18 heavy (non-hydrogen) atoms. The highest BCUT2D eigenvalue weighted by Gasteiger charge is 2.24. The van der Waals surface area contributed by atoms with E-state index in [1.165, 1.54) is 12.1 Å². The highest BCUT2D eigenvalue weighted by atomic mass is 35.5. The van der Waals surface area contributed by atoms with Crippen LogP contribution in [0.3, 0.4) is 0 Å². The Hall–Kier alpha value is -1.37. The van der Waals surface area contributed by atoms with Crippen LogP contribution < -0.4 is 5.32 Å². The Morgan fingerprint density at radius 1 is 1.44 bits per heavy atom. The maximum Gasteiger partial charge on any atom is 0.288 e. The molecule has 0 saturated heterocycles. The number of aryl methyl sites for hydroxylation is 1. The summed E-state index contributed by atoms with van der Waals surface area (Å²) in [6.45, 7) is 2.75. The lowest BCUT2D eigenvalue weighted by atomic mass is 10.0. The lowest BCUT2D eigenvalue weighted by Gasteiger charge is -2.28. The van der Waals surface area contributed by atoms with E-state index in [0.717, 1.165) is 0 Å². The number of nitrogens with zero attached hydrogens (tertiary/aromatic N) is 1. The van der Waals surface area contributed by atoms with Crippen LogP contribution in [0.5, 0.6) is 0 Å². The van der Waals surface area contributed by atoms with Crippen molar-refractivity contribution in [3.8, 4) is 0 Å². The van der Waals surface area contributed by atoms with E-state index in [9.17, 15) is 20.3 Å². The van der Waals surface area contributed by atoms with Crippen molar-refractivity contribution >= 4 is 23.0 Å². The first-order valence-electron chi connectivity index (χ1n) is 5.27. The number of anilines is 1. The third-order valence-corrected chi connectivity index (χ3v) is 2.93. The summed E-state index contributed by atoms with van der Waals surface area (Å²) in [6.07, 6.45) is 0. The molecule has 0 aromatic heterocycles. The molecule has 0 fully saturated rings. The van der Waals surface area contributed by atoms with E-state index in [-0.39, 0.29) is 23.9 Å². The number of rotatable bonds is 5. The SMILES string of the molecule is Cc1cc([N+](=O)[O-])c(Cl)cc1NC(C)(CO)CO. The molecule has 6 nitrogen and oxygen atoms in total. The van der Waals surface area contributed by atoms with Crippen LogP contribution in [-0.2, 0) is 0 Å². The van der Waals surface area contributed by atoms with Crippen LogP contribution in [0.4, 0.5) is 11.4 Å². The second-order valence-electron chi connectivity index (χ2n) is 4.38. The molecular weight excluding hydrogens is 260 g/mol. The summed E-state index contributed by atoms with van der Waals surface area (Å²) < 4.78 is 0. The molecule has 0 aliphatic carbocycles. The number of hydrogen-bond acceptors (Lipinski definition) is 5. The summed E-state index contributed by atoms with van der Waals surface area (Å²) >= 11 is 5.80. The molecule has 0 radical (unpaired) electrons. The van der Waals surface area contributed by atoms with E-state index in [1.807, 2.05) is 0 Å². The molecule has 3 N–H and O–H groups in total. The van der Waals surface area contributed by atoms with Crippen LogP contribution in [0.2, 0.25) is 5.02 Å². The molecule has 0 unspecified atom stereocenters. The van der Waals surface area contributed by atoms with Gasteiger partial charge < -0.3 is 15.5 Å². The molecule has 0 aliphatic rings. The molecule has 7 heteroatoms. The third kappa shape index (κ3) is 3.10. The van der Waals surface area contributed by atoms with Gasteiger partial charge in [0, 0.05) is 11.8 Å². The first-order valence-corrected chi connectivity index (χ1v) is 5.65. The van der Waals surface area contributed by atoms with Crippen molar-refractivity contribution in [2.75, 3.05) is 18.5 Å². The van der Waals surface area contributed by atoms with Crippen LogP contribution in [-0.4, -0.2) is 33.9 Å². The molecule has 0 heterocycles. The van der Waals surface area contributed by atoms with Crippen LogP contribution >= 0.6 is 11.6 Å². The second-order valence-corrected chi connectivity index (χ2v) is 4.78. The van der Waals surface area contributed by atoms with Gasteiger partial charge in [0.2, 0.25) is 0 Å². The fraction of sp³-hybridized carbons (Fsp3) is 0.455. The number of nitro groups is 1. The van der Waals surface area contributed by atoms with Gasteiger partial charge >= 0.3 is 0 Å². The first-order chi connectivity index (χ1) is 8.33. The lowest BCUT2D eigenvalue weighted by molar-refractivity contribution is -0.384. The summed E-state index contributed by atoms with van der Waals surface area (Å²) in [5, 5.41) is 32.0. The smallest absolute Gasteiger partial charge is 0.288 e. The zero-order valence-corrected chi connectivity index (χ0v) is 10.9. The standard InChI is InChI=1S/C11H15ClN2O4/c1-7-3-10(14(17)18)8(12)4-9(7)13-11(2,5-15)6-16/h3-4,13,15-16H,5-6H2,1-2H3. The Morgan fingerprint density at radius 3 is 2.44 bits per heavy atom. The van der Waals surface area contributed by atoms with E-state index in [0.29, 0.717) is 11.3 Å². The normalized spacial score (nSPS) is 11.4. The van der Waals surface area contributed by atoms with E-state index in [4.69, 9.17) is 11.6 Å². The average molecular weight is 275 g/mol. The number of halogens is 1. The summed E-state index contributed by atoms with van der Waals surface area (Å²) in [4.78, 5) is 10.1. The molecule has 0 spiro atoms. The highest BCUT2D eigenvalue weighted by molar-refractivity contribution is 6.33. The minimum Gasteiger partial charge on any atom is -0.394 e. The quantitative estimate of drug-likeness (QED) is 0.561. The Balaban J connectivity index is 3.12. The maximum absolute atomic E-state index is 10.7. The average Bonchev–Trinajstić information content (AvgIpc) is 2.32. The van der Waals surface area contributed by atoms with Gasteiger partial charge in [-0.3, -0.25) is 10.1 Å². The second kappa shape index (κ2) is 5.51. The predicted molar refractivity (Wildman–Crippen MR) is 69.0 cm³/mol. The minimum atomic E-state index is -0.912. The highest BCUT2D eigenvalue weighted by Crippen LogP contribution is 2.31. The van der Waals surface area contributed by atoms with Crippen LogP contribution in [0.1, 0.15) is 12.5 Å². The Kier molecular flexibility index (Phi) is 4.50. The number of aliphatic hydroxyl groups excluding tert-OH is 2. The molecular formula is C11H15ClN2O4. The number of nitrogens with one attached hydrogen (secondary N) is 1. The number of benzene rings is 1. The number of aliphatic hydroxyl groups is 2. The van der Waals surface area contributed by atoms with Crippen molar-refractivity contribution in [2.24, 2.45) is 0 Å². The molecule has 1 aromatic rings. The van der Waals surface area contributed by atoms with Crippen molar-refractivity contribution in [2.45, 2.75) is 19.4 Å². The molecule has 0 atom stereocenters.